The molecule has 0 heterocycles. The molecule has 0 aromatic rings. The summed E-state index contributed by atoms with van der Waals surface area (Å²) in [7, 11) is 0. The minimum absolute atomic E-state index is 0.423. The first-order chi connectivity index (χ1) is 6.48. The summed E-state index contributed by atoms with van der Waals surface area (Å²) in [4.78, 5) is 0. The van der Waals surface area contributed by atoms with Crippen LogP contribution in [0.25, 0.3) is 0 Å². The second kappa shape index (κ2) is 7.21. The third-order valence-corrected chi connectivity index (χ3v) is 2.01. The summed E-state index contributed by atoms with van der Waals surface area (Å²) in [6, 6.07) is 0. The Labute approximate surface area is 87.8 Å². The number of aliphatic hydroxyl groups is 1. The fourth-order valence-corrected chi connectivity index (χ4v) is 1.14. The molecule has 0 fully saturated rings. The molecule has 0 aliphatic carbocycles. The van der Waals surface area contributed by atoms with Crippen LogP contribution in [0.5, 0.6) is 0 Å². The molecular formula is C11H25NO2. The van der Waals surface area contributed by atoms with Crippen molar-refractivity contribution in [3.63, 3.8) is 0 Å². The maximum absolute atomic E-state index is 9.85. The normalized spacial score (nSPS) is 15.9. The van der Waals surface area contributed by atoms with Crippen molar-refractivity contribution in [2.45, 2.75) is 39.7 Å². The van der Waals surface area contributed by atoms with Crippen molar-refractivity contribution in [2.75, 3.05) is 26.3 Å². The van der Waals surface area contributed by atoms with Gasteiger partial charge in [-0.25, -0.2) is 0 Å². The van der Waals surface area contributed by atoms with E-state index in [1.807, 2.05) is 13.8 Å². The number of rotatable bonds is 8. The van der Waals surface area contributed by atoms with E-state index in [1.165, 1.54) is 0 Å². The van der Waals surface area contributed by atoms with Crippen LogP contribution >= 0.6 is 0 Å². The van der Waals surface area contributed by atoms with Crippen molar-refractivity contribution >= 4 is 0 Å². The molecule has 1 atom stereocenters. The average molecular weight is 203 g/mol. The van der Waals surface area contributed by atoms with E-state index in [9.17, 15) is 5.11 Å². The molecule has 86 valence electrons. The van der Waals surface area contributed by atoms with Crippen LogP contribution in [-0.2, 0) is 4.74 Å². The minimum atomic E-state index is -0.694. The highest BCUT2D eigenvalue weighted by atomic mass is 16.5. The second-order valence-electron chi connectivity index (χ2n) is 4.48. The summed E-state index contributed by atoms with van der Waals surface area (Å²) >= 11 is 0. The Morgan fingerprint density at radius 1 is 1.43 bits per heavy atom. The molecule has 14 heavy (non-hydrogen) atoms. The summed E-state index contributed by atoms with van der Waals surface area (Å²) in [5, 5.41) is 13.1. The zero-order valence-electron chi connectivity index (χ0n) is 9.97. The molecule has 3 heteroatoms. The van der Waals surface area contributed by atoms with Crippen LogP contribution in [-0.4, -0.2) is 37.0 Å². The van der Waals surface area contributed by atoms with Crippen molar-refractivity contribution in [1.29, 1.82) is 0 Å². The van der Waals surface area contributed by atoms with Gasteiger partial charge in [-0.05, 0) is 39.3 Å². The van der Waals surface area contributed by atoms with Gasteiger partial charge in [-0.1, -0.05) is 13.8 Å². The average Bonchev–Trinajstić information content (AvgIpc) is 2.09. The van der Waals surface area contributed by atoms with Crippen LogP contribution in [0.15, 0.2) is 0 Å². The highest BCUT2D eigenvalue weighted by Gasteiger charge is 2.19. The molecule has 0 radical (unpaired) electrons. The number of nitrogens with one attached hydrogen (secondary N) is 1. The van der Waals surface area contributed by atoms with Crippen molar-refractivity contribution < 1.29 is 9.84 Å². The molecule has 0 aliphatic rings. The lowest BCUT2D eigenvalue weighted by molar-refractivity contribution is -0.0350. The lowest BCUT2D eigenvalue weighted by Crippen LogP contribution is -2.35. The molecule has 0 rings (SSSR count). The van der Waals surface area contributed by atoms with Gasteiger partial charge < -0.3 is 15.2 Å². The lowest BCUT2D eigenvalue weighted by Gasteiger charge is -2.23. The fourth-order valence-electron chi connectivity index (χ4n) is 1.14. The zero-order valence-corrected chi connectivity index (χ0v) is 9.97. The van der Waals surface area contributed by atoms with Gasteiger partial charge >= 0.3 is 0 Å². The third kappa shape index (κ3) is 8.48. The van der Waals surface area contributed by atoms with E-state index in [2.05, 4.69) is 19.2 Å². The summed E-state index contributed by atoms with van der Waals surface area (Å²) in [6.07, 6.45) is 0.736. The maximum Gasteiger partial charge on any atom is 0.0864 e. The summed E-state index contributed by atoms with van der Waals surface area (Å²) in [5.74, 6) is 0.659. The van der Waals surface area contributed by atoms with Crippen LogP contribution in [0, 0.1) is 5.92 Å². The predicted octanol–water partition coefficient (Wildman–Crippen LogP) is 1.41. The zero-order chi connectivity index (χ0) is 11.0. The minimum Gasteiger partial charge on any atom is -0.388 e. The first-order valence-corrected chi connectivity index (χ1v) is 5.49. The summed E-state index contributed by atoms with van der Waals surface area (Å²) in [5.41, 5.74) is -0.694. The topological polar surface area (TPSA) is 41.5 Å². The van der Waals surface area contributed by atoms with Gasteiger partial charge in [-0.3, -0.25) is 0 Å². The second-order valence-corrected chi connectivity index (χ2v) is 4.48. The van der Waals surface area contributed by atoms with Gasteiger partial charge in [0.15, 0.2) is 0 Å². The molecular weight excluding hydrogens is 178 g/mol. The molecule has 0 bridgehead atoms. The molecule has 3 nitrogen and oxygen atoms in total. The smallest absolute Gasteiger partial charge is 0.0864 e. The third-order valence-electron chi connectivity index (χ3n) is 2.01. The molecule has 0 aliphatic heterocycles. The highest BCUT2D eigenvalue weighted by Crippen LogP contribution is 2.08. The molecule has 0 saturated heterocycles. The Morgan fingerprint density at radius 2 is 2.07 bits per heavy atom. The Kier molecular flexibility index (Phi) is 7.15. The van der Waals surface area contributed by atoms with E-state index >= 15 is 0 Å². The number of hydrogen-bond acceptors (Lipinski definition) is 3. The summed E-state index contributed by atoms with van der Waals surface area (Å²) in [6.45, 7) is 11.0. The van der Waals surface area contributed by atoms with E-state index in [0.717, 1.165) is 19.5 Å². The van der Waals surface area contributed by atoms with E-state index < -0.39 is 5.60 Å². The molecule has 2 N–H and O–H groups in total. The molecule has 0 saturated carbocycles. The van der Waals surface area contributed by atoms with Gasteiger partial charge in [0.2, 0.25) is 0 Å². The standard InChI is InChI=1S/C11H25NO2/c1-5-14-9-11(4,13)6-7-12-8-10(2)3/h10,12-13H,5-9H2,1-4H3. The van der Waals surface area contributed by atoms with E-state index in [-0.39, 0.29) is 0 Å². The van der Waals surface area contributed by atoms with Gasteiger partial charge in [0.05, 0.1) is 12.2 Å². The molecule has 0 amide bonds. The predicted molar refractivity (Wildman–Crippen MR) is 59.4 cm³/mol. The number of hydrogen-bond donors (Lipinski definition) is 2. The van der Waals surface area contributed by atoms with Crippen molar-refractivity contribution in [2.24, 2.45) is 5.92 Å². The Balaban J connectivity index is 3.44. The van der Waals surface area contributed by atoms with Gasteiger partial charge in [-0.2, -0.15) is 0 Å². The summed E-state index contributed by atoms with van der Waals surface area (Å²) < 4.78 is 5.20. The van der Waals surface area contributed by atoms with Crippen LogP contribution < -0.4 is 5.32 Å². The van der Waals surface area contributed by atoms with Gasteiger partial charge in [-0.15, -0.1) is 0 Å². The van der Waals surface area contributed by atoms with Gasteiger partial charge in [0.25, 0.3) is 0 Å². The lowest BCUT2D eigenvalue weighted by atomic mass is 10.0. The fraction of sp³-hybridized carbons (Fsp3) is 1.00. The Morgan fingerprint density at radius 3 is 2.57 bits per heavy atom. The molecule has 0 aromatic carbocycles. The Hall–Kier alpha value is -0.120. The number of ether oxygens (including phenoxy) is 1. The highest BCUT2D eigenvalue weighted by molar-refractivity contribution is 4.73. The van der Waals surface area contributed by atoms with Gasteiger partial charge in [0.1, 0.15) is 0 Å². The molecule has 1 unspecified atom stereocenters. The van der Waals surface area contributed by atoms with Crippen LogP contribution in [0.1, 0.15) is 34.1 Å². The monoisotopic (exact) mass is 203 g/mol. The van der Waals surface area contributed by atoms with E-state index in [0.29, 0.717) is 19.1 Å². The van der Waals surface area contributed by atoms with Crippen LogP contribution in [0.4, 0.5) is 0 Å². The van der Waals surface area contributed by atoms with E-state index in [4.69, 9.17) is 4.74 Å². The molecule has 0 spiro atoms. The van der Waals surface area contributed by atoms with Crippen LogP contribution in [0.3, 0.4) is 0 Å². The van der Waals surface area contributed by atoms with Crippen LogP contribution in [0.2, 0.25) is 0 Å². The van der Waals surface area contributed by atoms with Crippen molar-refractivity contribution in [1.82, 2.24) is 5.32 Å². The maximum atomic E-state index is 9.85. The quantitative estimate of drug-likeness (QED) is 0.586. The molecule has 0 aromatic heterocycles. The van der Waals surface area contributed by atoms with Crippen molar-refractivity contribution in [3.8, 4) is 0 Å². The van der Waals surface area contributed by atoms with Crippen molar-refractivity contribution in [3.05, 3.63) is 0 Å². The first kappa shape index (κ1) is 13.9. The largest absolute Gasteiger partial charge is 0.388 e. The van der Waals surface area contributed by atoms with E-state index in [1.54, 1.807) is 0 Å². The van der Waals surface area contributed by atoms with Gasteiger partial charge in [0, 0.05) is 6.61 Å². The SMILES string of the molecule is CCOCC(C)(O)CCNCC(C)C. The Bertz CT molecular complexity index is 135. The first-order valence-electron chi connectivity index (χ1n) is 5.49.